The number of carbonyl (C=O) groups is 1. The van der Waals surface area contributed by atoms with Crippen LogP contribution in [-0.4, -0.2) is 30.5 Å². The van der Waals surface area contributed by atoms with E-state index in [2.05, 4.69) is 0 Å². The molecule has 0 unspecified atom stereocenters. The summed E-state index contributed by atoms with van der Waals surface area (Å²) in [5.41, 5.74) is 6.83. The van der Waals surface area contributed by atoms with E-state index in [1.165, 1.54) is 0 Å². The fraction of sp³-hybridized carbons (Fsp3) is 0.500. The van der Waals surface area contributed by atoms with Crippen molar-refractivity contribution in [1.29, 1.82) is 0 Å². The van der Waals surface area contributed by atoms with E-state index in [4.69, 9.17) is 10.5 Å². The standard InChI is InChI=1S/C14H20N2O2/c1-11(15)12-4-6-13(7-5-12)18-10-14(17)16-8-2-3-9-16/h4-7,11H,2-3,8-10,15H2,1H3/t11-/m1/s1. The monoisotopic (exact) mass is 248 g/mol. The molecule has 4 heteroatoms. The molecular formula is C14H20N2O2. The van der Waals surface area contributed by atoms with Gasteiger partial charge < -0.3 is 15.4 Å². The first-order chi connectivity index (χ1) is 8.66. The van der Waals surface area contributed by atoms with Crippen molar-refractivity contribution in [2.45, 2.75) is 25.8 Å². The number of hydrogen-bond acceptors (Lipinski definition) is 3. The van der Waals surface area contributed by atoms with Crippen LogP contribution in [0.2, 0.25) is 0 Å². The Hall–Kier alpha value is -1.55. The van der Waals surface area contributed by atoms with Gasteiger partial charge in [0, 0.05) is 19.1 Å². The zero-order valence-corrected chi connectivity index (χ0v) is 10.8. The summed E-state index contributed by atoms with van der Waals surface area (Å²) < 4.78 is 5.48. The van der Waals surface area contributed by atoms with E-state index >= 15 is 0 Å². The van der Waals surface area contributed by atoms with Crippen LogP contribution in [0, 0.1) is 0 Å². The number of rotatable bonds is 4. The first-order valence-electron chi connectivity index (χ1n) is 6.43. The van der Waals surface area contributed by atoms with Crippen LogP contribution in [0.3, 0.4) is 0 Å². The number of ether oxygens (including phenoxy) is 1. The number of likely N-dealkylation sites (tertiary alicyclic amines) is 1. The van der Waals surface area contributed by atoms with E-state index in [0.29, 0.717) is 5.75 Å². The predicted molar refractivity (Wildman–Crippen MR) is 70.4 cm³/mol. The second-order valence-electron chi connectivity index (χ2n) is 4.73. The van der Waals surface area contributed by atoms with Gasteiger partial charge in [0.1, 0.15) is 5.75 Å². The lowest BCUT2D eigenvalue weighted by Crippen LogP contribution is -2.32. The molecule has 1 aromatic rings. The Labute approximate surface area is 108 Å². The summed E-state index contributed by atoms with van der Waals surface area (Å²) in [4.78, 5) is 13.6. The van der Waals surface area contributed by atoms with E-state index in [-0.39, 0.29) is 18.6 Å². The fourth-order valence-electron chi connectivity index (χ4n) is 2.07. The maximum Gasteiger partial charge on any atom is 0.260 e. The smallest absolute Gasteiger partial charge is 0.260 e. The molecule has 2 N–H and O–H groups in total. The van der Waals surface area contributed by atoms with Gasteiger partial charge in [-0.25, -0.2) is 0 Å². The van der Waals surface area contributed by atoms with Crippen LogP contribution >= 0.6 is 0 Å². The molecular weight excluding hydrogens is 228 g/mol. The van der Waals surface area contributed by atoms with E-state index in [0.717, 1.165) is 31.5 Å². The predicted octanol–water partition coefficient (Wildman–Crippen LogP) is 1.71. The first kappa shape index (κ1) is 12.9. The Kier molecular flexibility index (Phi) is 4.20. The molecule has 1 aromatic carbocycles. The SMILES string of the molecule is C[C@@H](N)c1ccc(OCC(=O)N2CCCC2)cc1. The van der Waals surface area contributed by atoms with Gasteiger partial charge in [-0.15, -0.1) is 0 Å². The molecule has 1 saturated heterocycles. The topological polar surface area (TPSA) is 55.6 Å². The lowest BCUT2D eigenvalue weighted by Gasteiger charge is -2.15. The third kappa shape index (κ3) is 3.23. The summed E-state index contributed by atoms with van der Waals surface area (Å²) in [6.45, 7) is 3.79. The summed E-state index contributed by atoms with van der Waals surface area (Å²) >= 11 is 0. The van der Waals surface area contributed by atoms with Gasteiger partial charge in [0.15, 0.2) is 6.61 Å². The van der Waals surface area contributed by atoms with Crippen LogP contribution in [0.25, 0.3) is 0 Å². The summed E-state index contributed by atoms with van der Waals surface area (Å²) in [6, 6.07) is 7.59. The van der Waals surface area contributed by atoms with Crippen molar-refractivity contribution in [3.8, 4) is 5.75 Å². The third-order valence-electron chi connectivity index (χ3n) is 3.23. The van der Waals surface area contributed by atoms with Gasteiger partial charge in [-0.1, -0.05) is 12.1 Å². The molecule has 18 heavy (non-hydrogen) atoms. The lowest BCUT2D eigenvalue weighted by molar-refractivity contribution is -0.132. The fourth-order valence-corrected chi connectivity index (χ4v) is 2.07. The van der Waals surface area contributed by atoms with Crippen LogP contribution in [0.15, 0.2) is 24.3 Å². The average molecular weight is 248 g/mol. The molecule has 0 radical (unpaired) electrons. The van der Waals surface area contributed by atoms with Crippen LogP contribution in [0.1, 0.15) is 31.4 Å². The molecule has 1 fully saturated rings. The molecule has 1 atom stereocenters. The van der Waals surface area contributed by atoms with Crippen molar-refractivity contribution in [3.05, 3.63) is 29.8 Å². The first-order valence-corrected chi connectivity index (χ1v) is 6.43. The van der Waals surface area contributed by atoms with Crippen molar-refractivity contribution in [2.24, 2.45) is 5.73 Å². The van der Waals surface area contributed by atoms with Crippen LogP contribution in [0.5, 0.6) is 5.75 Å². The molecule has 0 spiro atoms. The molecule has 2 rings (SSSR count). The number of amides is 1. The highest BCUT2D eigenvalue weighted by atomic mass is 16.5. The maximum atomic E-state index is 11.8. The van der Waals surface area contributed by atoms with Gasteiger partial charge in [0.25, 0.3) is 5.91 Å². The number of nitrogens with zero attached hydrogens (tertiary/aromatic N) is 1. The second kappa shape index (κ2) is 5.87. The summed E-state index contributed by atoms with van der Waals surface area (Å²) in [5.74, 6) is 0.788. The van der Waals surface area contributed by atoms with E-state index in [1.807, 2.05) is 36.1 Å². The van der Waals surface area contributed by atoms with Crippen LogP contribution < -0.4 is 10.5 Å². The highest BCUT2D eigenvalue weighted by Crippen LogP contribution is 2.16. The molecule has 0 bridgehead atoms. The molecule has 1 aliphatic rings. The number of carbonyl (C=O) groups excluding carboxylic acids is 1. The maximum absolute atomic E-state index is 11.8. The Morgan fingerprint density at radius 3 is 2.50 bits per heavy atom. The third-order valence-corrected chi connectivity index (χ3v) is 3.23. The molecule has 4 nitrogen and oxygen atoms in total. The Morgan fingerprint density at radius 2 is 1.94 bits per heavy atom. The van der Waals surface area contributed by atoms with Crippen molar-refractivity contribution < 1.29 is 9.53 Å². The molecule has 1 heterocycles. The minimum absolute atomic E-state index is 0.0188. The summed E-state index contributed by atoms with van der Waals surface area (Å²) in [5, 5.41) is 0. The quantitative estimate of drug-likeness (QED) is 0.882. The largest absolute Gasteiger partial charge is 0.484 e. The lowest BCUT2D eigenvalue weighted by atomic mass is 10.1. The molecule has 1 amide bonds. The van der Waals surface area contributed by atoms with Gasteiger partial charge in [0.2, 0.25) is 0 Å². The van der Waals surface area contributed by atoms with E-state index < -0.39 is 0 Å². The van der Waals surface area contributed by atoms with Gasteiger partial charge >= 0.3 is 0 Å². The Morgan fingerprint density at radius 1 is 1.33 bits per heavy atom. The van der Waals surface area contributed by atoms with Crippen molar-refractivity contribution in [1.82, 2.24) is 4.90 Å². The number of hydrogen-bond donors (Lipinski definition) is 1. The van der Waals surface area contributed by atoms with Crippen molar-refractivity contribution in [2.75, 3.05) is 19.7 Å². The molecule has 1 aliphatic heterocycles. The van der Waals surface area contributed by atoms with E-state index in [1.54, 1.807) is 0 Å². The van der Waals surface area contributed by atoms with Crippen molar-refractivity contribution >= 4 is 5.91 Å². The summed E-state index contributed by atoms with van der Waals surface area (Å²) in [6.07, 6.45) is 2.21. The average Bonchev–Trinajstić information content (AvgIpc) is 2.90. The van der Waals surface area contributed by atoms with E-state index in [9.17, 15) is 4.79 Å². The van der Waals surface area contributed by atoms with Crippen LogP contribution in [0.4, 0.5) is 0 Å². The molecule has 0 aliphatic carbocycles. The van der Waals surface area contributed by atoms with Gasteiger partial charge in [-0.05, 0) is 37.5 Å². The minimum atomic E-state index is 0.0188. The summed E-state index contributed by atoms with van der Waals surface area (Å²) in [7, 11) is 0. The molecule has 0 saturated carbocycles. The second-order valence-corrected chi connectivity index (χ2v) is 4.73. The zero-order valence-electron chi connectivity index (χ0n) is 10.8. The zero-order chi connectivity index (χ0) is 13.0. The van der Waals surface area contributed by atoms with Gasteiger partial charge in [-0.2, -0.15) is 0 Å². The van der Waals surface area contributed by atoms with Gasteiger partial charge in [-0.3, -0.25) is 4.79 Å². The Balaban J connectivity index is 1.84. The minimum Gasteiger partial charge on any atom is -0.484 e. The normalized spacial score (nSPS) is 16.7. The highest BCUT2D eigenvalue weighted by molar-refractivity contribution is 5.78. The van der Waals surface area contributed by atoms with Crippen molar-refractivity contribution in [3.63, 3.8) is 0 Å². The molecule has 98 valence electrons. The number of benzene rings is 1. The number of nitrogens with two attached hydrogens (primary N) is 1. The Bertz CT molecular complexity index is 395. The highest BCUT2D eigenvalue weighted by Gasteiger charge is 2.17. The molecule has 0 aromatic heterocycles. The van der Waals surface area contributed by atoms with Crippen LogP contribution in [-0.2, 0) is 4.79 Å². The van der Waals surface area contributed by atoms with Gasteiger partial charge in [0.05, 0.1) is 0 Å².